The molecule has 0 saturated heterocycles. The van der Waals surface area contributed by atoms with Crippen LogP contribution in [0.5, 0.6) is 0 Å². The van der Waals surface area contributed by atoms with Crippen molar-refractivity contribution in [3.8, 4) is 0 Å². The minimum absolute atomic E-state index is 0.298. The maximum Gasteiger partial charge on any atom is 0.325 e. The van der Waals surface area contributed by atoms with Gasteiger partial charge in [-0.05, 0) is 42.0 Å². The predicted octanol–water partition coefficient (Wildman–Crippen LogP) is 3.60. The van der Waals surface area contributed by atoms with Gasteiger partial charge in [0.1, 0.15) is 0 Å². The van der Waals surface area contributed by atoms with Gasteiger partial charge >= 0.3 is 6.03 Å². The zero-order chi connectivity index (χ0) is 19.7. The summed E-state index contributed by atoms with van der Waals surface area (Å²) in [4.78, 5) is 28.8. The van der Waals surface area contributed by atoms with E-state index in [1.165, 1.54) is 11.8 Å². The van der Waals surface area contributed by atoms with E-state index in [1.54, 1.807) is 24.3 Å². The van der Waals surface area contributed by atoms with Gasteiger partial charge in [0.05, 0.1) is 11.0 Å². The molecule has 2 heterocycles. The molecule has 2 unspecified atom stereocenters. The highest BCUT2D eigenvalue weighted by Gasteiger charge is 2.42. The van der Waals surface area contributed by atoms with Gasteiger partial charge < -0.3 is 5.32 Å². The molecule has 0 aromatic heterocycles. The SMILES string of the molecule is O=C(NC1=NC2C(=O)NN=C(c3ccc(Br)cc3)C2S1)Nc1ccc(Cl)cc1. The van der Waals surface area contributed by atoms with Gasteiger partial charge in [-0.2, -0.15) is 5.10 Å². The van der Waals surface area contributed by atoms with E-state index in [2.05, 4.69) is 42.1 Å². The average molecular weight is 479 g/mol. The molecule has 142 valence electrons. The highest BCUT2D eigenvalue weighted by atomic mass is 79.9. The van der Waals surface area contributed by atoms with Crippen molar-refractivity contribution in [2.45, 2.75) is 11.3 Å². The van der Waals surface area contributed by atoms with Gasteiger partial charge in [-0.25, -0.2) is 15.2 Å². The summed E-state index contributed by atoms with van der Waals surface area (Å²) in [6.07, 6.45) is 0. The minimum atomic E-state index is -0.646. The Morgan fingerprint density at radius 2 is 1.82 bits per heavy atom. The number of thioether (sulfide) groups is 1. The molecule has 0 saturated carbocycles. The molecule has 0 bridgehead atoms. The molecule has 3 N–H and O–H groups in total. The van der Waals surface area contributed by atoms with Crippen molar-refractivity contribution in [3.63, 3.8) is 0 Å². The van der Waals surface area contributed by atoms with Crippen LogP contribution in [0, 0.1) is 0 Å². The Kier molecular flexibility index (Phi) is 5.38. The summed E-state index contributed by atoms with van der Waals surface area (Å²) < 4.78 is 0.949. The van der Waals surface area contributed by atoms with Crippen molar-refractivity contribution in [2.75, 3.05) is 5.32 Å². The lowest BCUT2D eigenvalue weighted by Gasteiger charge is -2.22. The zero-order valence-electron chi connectivity index (χ0n) is 14.1. The molecular formula is C18H13BrClN5O2S. The second-order valence-corrected chi connectivity index (χ2v) is 8.47. The molecule has 2 aromatic rings. The molecule has 0 spiro atoms. The maximum atomic E-state index is 12.2. The number of hydrazone groups is 1. The number of rotatable bonds is 2. The van der Waals surface area contributed by atoms with Crippen LogP contribution in [-0.4, -0.2) is 34.1 Å². The van der Waals surface area contributed by atoms with Gasteiger partial charge in [0.15, 0.2) is 11.2 Å². The topological polar surface area (TPSA) is 95.0 Å². The Balaban J connectivity index is 1.46. The first-order valence-corrected chi connectivity index (χ1v) is 10.3. The fourth-order valence-electron chi connectivity index (χ4n) is 2.76. The van der Waals surface area contributed by atoms with Crippen LogP contribution >= 0.6 is 39.3 Å². The number of carbonyl (C=O) groups is 2. The average Bonchev–Trinajstić information content (AvgIpc) is 3.09. The Morgan fingerprint density at radius 1 is 1.11 bits per heavy atom. The number of benzene rings is 2. The van der Waals surface area contributed by atoms with Crippen molar-refractivity contribution >= 4 is 67.8 Å². The highest BCUT2D eigenvalue weighted by molar-refractivity contribution is 9.10. The normalized spacial score (nSPS) is 20.6. The molecule has 10 heteroatoms. The standard InChI is InChI=1S/C18H13BrClN5O2S/c19-10-3-1-9(2-4-10)13-15-14(16(26)25-24-13)22-18(28-15)23-17(27)21-12-7-5-11(20)6-8-12/h1-8,14-15H,(H,25,26)(H2,21,22,23,27). The number of urea groups is 1. The number of amides is 3. The van der Waals surface area contributed by atoms with Gasteiger partial charge in [-0.3, -0.25) is 10.1 Å². The first-order valence-electron chi connectivity index (χ1n) is 8.21. The van der Waals surface area contributed by atoms with Crippen LogP contribution in [-0.2, 0) is 4.79 Å². The summed E-state index contributed by atoms with van der Waals surface area (Å²) in [6, 6.07) is 13.3. The number of nitrogens with zero attached hydrogens (tertiary/aromatic N) is 2. The van der Waals surface area contributed by atoms with Gasteiger partial charge in [-0.1, -0.05) is 51.4 Å². The van der Waals surface area contributed by atoms with Gasteiger partial charge in [0.25, 0.3) is 5.91 Å². The fourth-order valence-corrected chi connectivity index (χ4v) is 4.33. The quantitative estimate of drug-likeness (QED) is 0.615. The fraction of sp³-hybridized carbons (Fsp3) is 0.111. The molecule has 28 heavy (non-hydrogen) atoms. The molecule has 0 radical (unpaired) electrons. The summed E-state index contributed by atoms with van der Waals surface area (Å²) >= 11 is 10.5. The lowest BCUT2D eigenvalue weighted by molar-refractivity contribution is -0.122. The first kappa shape index (κ1) is 19.0. The molecule has 0 fully saturated rings. The summed E-state index contributed by atoms with van der Waals surface area (Å²) in [5.41, 5.74) is 4.70. The largest absolute Gasteiger partial charge is 0.325 e. The van der Waals surface area contributed by atoms with Crippen LogP contribution in [0.2, 0.25) is 5.02 Å². The van der Waals surface area contributed by atoms with E-state index in [9.17, 15) is 9.59 Å². The minimum Gasteiger partial charge on any atom is -0.308 e. The number of fused-ring (bicyclic) bond motifs is 1. The van der Waals surface area contributed by atoms with E-state index in [1.807, 2.05) is 24.3 Å². The summed E-state index contributed by atoms with van der Waals surface area (Å²) in [5, 5.41) is 10.2. The molecule has 2 aliphatic heterocycles. The van der Waals surface area contributed by atoms with E-state index >= 15 is 0 Å². The third-order valence-corrected chi connectivity index (χ3v) is 6.02. The molecule has 2 aromatic carbocycles. The Bertz CT molecular complexity index is 994. The number of nitrogens with one attached hydrogen (secondary N) is 3. The number of aliphatic imine (C=N–C) groups is 1. The van der Waals surface area contributed by atoms with Gasteiger partial charge in [0.2, 0.25) is 0 Å². The Labute approximate surface area is 178 Å². The van der Waals surface area contributed by atoms with Crippen molar-refractivity contribution < 1.29 is 9.59 Å². The van der Waals surface area contributed by atoms with Crippen LogP contribution in [0.1, 0.15) is 5.56 Å². The molecule has 2 atom stereocenters. The second kappa shape index (κ2) is 7.94. The smallest absolute Gasteiger partial charge is 0.308 e. The van der Waals surface area contributed by atoms with Crippen molar-refractivity contribution in [3.05, 3.63) is 63.6 Å². The predicted molar refractivity (Wildman–Crippen MR) is 115 cm³/mol. The summed E-state index contributed by atoms with van der Waals surface area (Å²) in [7, 11) is 0. The Hall–Kier alpha value is -2.36. The van der Waals surface area contributed by atoms with E-state index in [-0.39, 0.29) is 11.2 Å². The van der Waals surface area contributed by atoms with Crippen LogP contribution in [0.15, 0.2) is 63.1 Å². The van der Waals surface area contributed by atoms with Crippen LogP contribution in [0.3, 0.4) is 0 Å². The number of halogens is 2. The van der Waals surface area contributed by atoms with E-state index in [0.29, 0.717) is 21.6 Å². The third-order valence-electron chi connectivity index (χ3n) is 4.07. The maximum absolute atomic E-state index is 12.2. The third kappa shape index (κ3) is 4.06. The van der Waals surface area contributed by atoms with E-state index in [0.717, 1.165) is 10.0 Å². The first-order chi connectivity index (χ1) is 13.5. The van der Waals surface area contributed by atoms with Crippen LogP contribution in [0.4, 0.5) is 10.5 Å². The number of hydrogen-bond donors (Lipinski definition) is 3. The van der Waals surface area contributed by atoms with E-state index < -0.39 is 12.1 Å². The van der Waals surface area contributed by atoms with Crippen LogP contribution < -0.4 is 16.1 Å². The van der Waals surface area contributed by atoms with Crippen molar-refractivity contribution in [1.82, 2.24) is 10.7 Å². The molecular weight excluding hydrogens is 466 g/mol. The van der Waals surface area contributed by atoms with Crippen molar-refractivity contribution in [1.29, 1.82) is 0 Å². The number of amidine groups is 1. The van der Waals surface area contributed by atoms with Gasteiger partial charge in [0, 0.05) is 15.2 Å². The summed E-state index contributed by atoms with van der Waals surface area (Å²) in [5.74, 6) is -0.298. The lowest BCUT2D eigenvalue weighted by Crippen LogP contribution is -2.45. The molecule has 2 aliphatic rings. The second-order valence-electron chi connectivity index (χ2n) is 5.98. The molecule has 0 aliphatic carbocycles. The number of carbonyl (C=O) groups excluding carboxylic acids is 2. The van der Waals surface area contributed by atoms with Crippen LogP contribution in [0.25, 0.3) is 0 Å². The zero-order valence-corrected chi connectivity index (χ0v) is 17.3. The van der Waals surface area contributed by atoms with Gasteiger partial charge in [-0.15, -0.1) is 0 Å². The number of anilines is 1. The van der Waals surface area contributed by atoms with E-state index in [4.69, 9.17) is 11.6 Å². The number of hydrogen-bond acceptors (Lipinski definition) is 5. The monoisotopic (exact) mass is 477 g/mol. The summed E-state index contributed by atoms with van der Waals surface area (Å²) in [6.45, 7) is 0. The van der Waals surface area contributed by atoms with Crippen molar-refractivity contribution in [2.24, 2.45) is 10.1 Å². The highest BCUT2D eigenvalue weighted by Crippen LogP contribution is 2.32. The molecule has 7 nitrogen and oxygen atoms in total. The molecule has 3 amide bonds. The molecule has 4 rings (SSSR count). The lowest BCUT2D eigenvalue weighted by atomic mass is 10.0. The Morgan fingerprint density at radius 3 is 2.54 bits per heavy atom.